The van der Waals surface area contributed by atoms with Crippen LogP contribution in [0.4, 0.5) is 0 Å². The first-order chi connectivity index (χ1) is 11.6. The number of nitrogens with zero attached hydrogens (tertiary/aromatic N) is 3. The van der Waals surface area contributed by atoms with E-state index in [-0.39, 0.29) is 16.8 Å². The van der Waals surface area contributed by atoms with Gasteiger partial charge in [-0.15, -0.1) is 11.8 Å². The van der Waals surface area contributed by atoms with Crippen LogP contribution in [0.25, 0.3) is 0 Å². The number of aryl methyl sites for hydroxylation is 1. The van der Waals surface area contributed by atoms with E-state index < -0.39 is 0 Å². The molecule has 0 aliphatic carbocycles. The van der Waals surface area contributed by atoms with Gasteiger partial charge in [-0.3, -0.25) is 14.8 Å². The van der Waals surface area contributed by atoms with Crippen LogP contribution in [0.1, 0.15) is 22.5 Å². The van der Waals surface area contributed by atoms with Crippen LogP contribution >= 0.6 is 11.8 Å². The van der Waals surface area contributed by atoms with Crippen molar-refractivity contribution in [3.05, 3.63) is 54.1 Å². The highest BCUT2D eigenvalue weighted by Gasteiger charge is 2.51. The molecule has 0 radical (unpaired) electrons. The lowest BCUT2D eigenvalue weighted by Crippen LogP contribution is -2.61. The number of rotatable bonds is 3. The Balaban J connectivity index is 1.34. The summed E-state index contributed by atoms with van der Waals surface area (Å²) in [6.07, 6.45) is 6.34. The van der Waals surface area contributed by atoms with Crippen LogP contribution in [0.15, 0.2) is 42.9 Å². The van der Waals surface area contributed by atoms with Gasteiger partial charge in [-0.05, 0) is 36.8 Å². The first kappa shape index (κ1) is 15.4. The molecule has 6 heteroatoms. The monoisotopic (exact) mass is 341 g/mol. The van der Waals surface area contributed by atoms with Gasteiger partial charge in [0.2, 0.25) is 0 Å². The van der Waals surface area contributed by atoms with Crippen molar-refractivity contribution in [1.82, 2.24) is 14.9 Å². The summed E-state index contributed by atoms with van der Waals surface area (Å²) in [6, 6.07) is 7.57. The van der Waals surface area contributed by atoms with Crippen LogP contribution in [0.3, 0.4) is 0 Å². The average Bonchev–Trinajstić information content (AvgIpc) is 2.98. The Morgan fingerprint density at radius 3 is 3.00 bits per heavy atom. The summed E-state index contributed by atoms with van der Waals surface area (Å²) in [6.45, 7) is 3.53. The molecule has 0 saturated carbocycles. The molecule has 1 atom stereocenters. The van der Waals surface area contributed by atoms with E-state index in [1.807, 2.05) is 47.9 Å². The fourth-order valence-electron chi connectivity index (χ4n) is 3.32. The van der Waals surface area contributed by atoms with Crippen molar-refractivity contribution in [2.24, 2.45) is 0 Å². The molecule has 124 valence electrons. The normalized spacial score (nSPS) is 21.5. The standard InChI is InChI=1S/C18H19N3O2S/c1-13-4-6-20-16(7-13)17(22)21-11-18(12-21)8-15(10-24-18)23-14-3-2-5-19-9-14/h2-7,9,15H,8,10-12H2,1H3. The van der Waals surface area contributed by atoms with E-state index in [1.54, 1.807) is 18.6 Å². The lowest BCUT2D eigenvalue weighted by Gasteiger charge is -2.47. The first-order valence-corrected chi connectivity index (χ1v) is 9.05. The zero-order valence-electron chi connectivity index (χ0n) is 13.5. The molecule has 5 nitrogen and oxygen atoms in total. The minimum Gasteiger partial charge on any atom is -0.488 e. The van der Waals surface area contributed by atoms with Gasteiger partial charge in [0.1, 0.15) is 17.5 Å². The van der Waals surface area contributed by atoms with E-state index in [2.05, 4.69) is 9.97 Å². The second kappa shape index (κ2) is 6.09. The SMILES string of the molecule is Cc1ccnc(C(=O)N2CC3(CC(Oc4cccnc4)CS3)C2)c1. The number of carbonyl (C=O) groups is 1. The summed E-state index contributed by atoms with van der Waals surface area (Å²) in [7, 11) is 0. The molecule has 0 N–H and O–H groups in total. The van der Waals surface area contributed by atoms with Gasteiger partial charge in [-0.25, -0.2) is 0 Å². The molecule has 4 heterocycles. The fraction of sp³-hybridized carbons (Fsp3) is 0.389. The Morgan fingerprint density at radius 2 is 2.25 bits per heavy atom. The Hall–Kier alpha value is -2.08. The van der Waals surface area contributed by atoms with Gasteiger partial charge in [-0.2, -0.15) is 0 Å². The quantitative estimate of drug-likeness (QED) is 0.859. The van der Waals surface area contributed by atoms with Crippen molar-refractivity contribution >= 4 is 17.7 Å². The molecule has 24 heavy (non-hydrogen) atoms. The number of hydrogen-bond acceptors (Lipinski definition) is 5. The van der Waals surface area contributed by atoms with E-state index in [4.69, 9.17) is 4.74 Å². The molecular weight excluding hydrogens is 322 g/mol. The van der Waals surface area contributed by atoms with Gasteiger partial charge < -0.3 is 9.64 Å². The number of carbonyl (C=O) groups excluding carboxylic acids is 1. The molecule has 1 spiro atoms. The van der Waals surface area contributed by atoms with Crippen molar-refractivity contribution in [1.29, 1.82) is 0 Å². The highest BCUT2D eigenvalue weighted by molar-refractivity contribution is 8.01. The summed E-state index contributed by atoms with van der Waals surface area (Å²) in [5.74, 6) is 1.80. The van der Waals surface area contributed by atoms with Crippen molar-refractivity contribution < 1.29 is 9.53 Å². The Labute approximate surface area is 145 Å². The summed E-state index contributed by atoms with van der Waals surface area (Å²) >= 11 is 1.92. The smallest absolute Gasteiger partial charge is 0.272 e. The van der Waals surface area contributed by atoms with E-state index in [9.17, 15) is 4.79 Å². The van der Waals surface area contributed by atoms with E-state index in [0.717, 1.165) is 36.6 Å². The van der Waals surface area contributed by atoms with Crippen LogP contribution in [-0.4, -0.2) is 50.5 Å². The van der Waals surface area contributed by atoms with Gasteiger partial charge in [0.05, 0.1) is 10.9 Å². The lowest BCUT2D eigenvalue weighted by molar-refractivity contribution is 0.0512. The van der Waals surface area contributed by atoms with Crippen molar-refractivity contribution in [2.45, 2.75) is 24.2 Å². The third-order valence-electron chi connectivity index (χ3n) is 4.49. The van der Waals surface area contributed by atoms with Gasteiger partial charge in [0, 0.05) is 37.7 Å². The first-order valence-electron chi connectivity index (χ1n) is 8.06. The van der Waals surface area contributed by atoms with Crippen LogP contribution in [-0.2, 0) is 0 Å². The van der Waals surface area contributed by atoms with Crippen LogP contribution < -0.4 is 4.74 Å². The zero-order chi connectivity index (χ0) is 16.6. The molecule has 4 rings (SSSR count). The molecule has 2 saturated heterocycles. The fourth-order valence-corrected chi connectivity index (χ4v) is 4.84. The van der Waals surface area contributed by atoms with Crippen LogP contribution in [0, 0.1) is 6.92 Å². The summed E-state index contributed by atoms with van der Waals surface area (Å²) in [5.41, 5.74) is 1.60. The second-order valence-corrected chi connectivity index (χ2v) is 7.99. The largest absolute Gasteiger partial charge is 0.488 e. The molecule has 0 aromatic carbocycles. The molecule has 2 aromatic rings. The number of amides is 1. The number of thioether (sulfide) groups is 1. The maximum absolute atomic E-state index is 12.5. The average molecular weight is 341 g/mol. The van der Waals surface area contributed by atoms with Gasteiger partial charge in [-0.1, -0.05) is 0 Å². The molecule has 2 aliphatic heterocycles. The van der Waals surface area contributed by atoms with Gasteiger partial charge >= 0.3 is 0 Å². The number of likely N-dealkylation sites (tertiary alicyclic amines) is 1. The predicted octanol–water partition coefficient (Wildman–Crippen LogP) is 2.56. The zero-order valence-corrected chi connectivity index (χ0v) is 14.3. The maximum Gasteiger partial charge on any atom is 0.272 e. The van der Waals surface area contributed by atoms with Crippen molar-refractivity contribution in [2.75, 3.05) is 18.8 Å². The Kier molecular flexibility index (Phi) is 3.92. The minimum atomic E-state index is 0.0292. The molecule has 1 amide bonds. The molecule has 2 aliphatic rings. The Bertz CT molecular complexity index is 747. The number of hydrogen-bond donors (Lipinski definition) is 0. The second-order valence-electron chi connectivity index (χ2n) is 6.51. The number of aromatic nitrogens is 2. The third-order valence-corrected chi connectivity index (χ3v) is 6.07. The molecule has 2 aromatic heterocycles. The number of ether oxygens (including phenoxy) is 1. The molecule has 2 fully saturated rings. The van der Waals surface area contributed by atoms with Crippen LogP contribution in [0.5, 0.6) is 5.75 Å². The van der Waals surface area contributed by atoms with Gasteiger partial charge in [0.15, 0.2) is 0 Å². The van der Waals surface area contributed by atoms with E-state index in [1.165, 1.54) is 0 Å². The highest BCUT2D eigenvalue weighted by atomic mass is 32.2. The van der Waals surface area contributed by atoms with Crippen LogP contribution in [0.2, 0.25) is 0 Å². The van der Waals surface area contributed by atoms with E-state index >= 15 is 0 Å². The minimum absolute atomic E-state index is 0.0292. The lowest BCUT2D eigenvalue weighted by atomic mass is 9.92. The maximum atomic E-state index is 12.5. The van der Waals surface area contributed by atoms with Crippen molar-refractivity contribution in [3.8, 4) is 5.75 Å². The number of pyridine rings is 2. The summed E-state index contributed by atoms with van der Waals surface area (Å²) in [4.78, 5) is 22.7. The summed E-state index contributed by atoms with van der Waals surface area (Å²) < 4.78 is 6.15. The molecule has 0 bridgehead atoms. The van der Waals surface area contributed by atoms with Crippen molar-refractivity contribution in [3.63, 3.8) is 0 Å². The van der Waals surface area contributed by atoms with Gasteiger partial charge in [0.25, 0.3) is 5.91 Å². The highest BCUT2D eigenvalue weighted by Crippen LogP contribution is 2.46. The Morgan fingerprint density at radius 1 is 1.38 bits per heavy atom. The topological polar surface area (TPSA) is 55.3 Å². The van der Waals surface area contributed by atoms with E-state index in [0.29, 0.717) is 5.69 Å². The molecular formula is C18H19N3O2S. The molecule has 1 unspecified atom stereocenters. The summed E-state index contributed by atoms with van der Waals surface area (Å²) in [5, 5.41) is 0. The predicted molar refractivity (Wildman–Crippen MR) is 93.3 cm³/mol. The third kappa shape index (κ3) is 2.98.